The van der Waals surface area contributed by atoms with Crippen molar-refractivity contribution in [1.82, 2.24) is 4.90 Å². The lowest BCUT2D eigenvalue weighted by atomic mass is 10.0. The van der Waals surface area contributed by atoms with Crippen LogP contribution in [0.2, 0.25) is 0 Å². The molecular formula is C13H17N3O2. The van der Waals surface area contributed by atoms with Crippen molar-refractivity contribution in [3.63, 3.8) is 0 Å². The number of nitrogens with zero attached hydrogens (tertiary/aromatic N) is 1. The van der Waals surface area contributed by atoms with E-state index in [0.717, 1.165) is 5.56 Å². The van der Waals surface area contributed by atoms with E-state index in [4.69, 9.17) is 11.5 Å². The van der Waals surface area contributed by atoms with Crippen molar-refractivity contribution in [2.45, 2.75) is 24.9 Å². The summed E-state index contributed by atoms with van der Waals surface area (Å²) in [6.07, 6.45) is 0.729. The maximum Gasteiger partial charge on any atom is 0.240 e. The highest BCUT2D eigenvalue weighted by molar-refractivity contribution is 5.88. The van der Waals surface area contributed by atoms with Gasteiger partial charge in [0.25, 0.3) is 0 Å². The fourth-order valence-electron chi connectivity index (χ4n) is 2.26. The Morgan fingerprint density at radius 3 is 2.56 bits per heavy atom. The van der Waals surface area contributed by atoms with Gasteiger partial charge in [0.05, 0.1) is 0 Å². The highest BCUT2D eigenvalue weighted by atomic mass is 16.2. The Bertz CT molecular complexity index is 447. The molecule has 2 rings (SSSR count). The molecule has 2 amide bonds. The molecule has 0 bridgehead atoms. The standard InChI is InChI=1S/C13H17N3O2/c14-10-7-12(17)16(8-10)11(13(15)18)6-9-4-2-1-3-5-9/h1-5,10-11H,6-8,14H2,(H2,15,18)/t10-,11+/m1/s1. The molecule has 5 heteroatoms. The van der Waals surface area contributed by atoms with E-state index in [2.05, 4.69) is 0 Å². The van der Waals surface area contributed by atoms with Gasteiger partial charge in [0.15, 0.2) is 0 Å². The van der Waals surface area contributed by atoms with E-state index >= 15 is 0 Å². The molecule has 4 N–H and O–H groups in total. The summed E-state index contributed by atoms with van der Waals surface area (Å²) < 4.78 is 0. The van der Waals surface area contributed by atoms with Gasteiger partial charge in [-0.25, -0.2) is 0 Å². The Hall–Kier alpha value is -1.88. The molecule has 0 aromatic heterocycles. The summed E-state index contributed by atoms with van der Waals surface area (Å²) in [6, 6.07) is 8.71. The molecule has 18 heavy (non-hydrogen) atoms. The normalized spacial score (nSPS) is 21.1. The second-order valence-electron chi connectivity index (χ2n) is 4.62. The largest absolute Gasteiger partial charge is 0.368 e. The van der Waals surface area contributed by atoms with Crippen LogP contribution in [0.25, 0.3) is 0 Å². The predicted octanol–water partition coefficient (Wildman–Crippen LogP) is -0.357. The molecule has 0 spiro atoms. The van der Waals surface area contributed by atoms with E-state index in [1.165, 1.54) is 4.90 Å². The van der Waals surface area contributed by atoms with Crippen LogP contribution in [0.5, 0.6) is 0 Å². The van der Waals surface area contributed by atoms with Crippen LogP contribution in [-0.4, -0.2) is 35.3 Å². The van der Waals surface area contributed by atoms with E-state index in [9.17, 15) is 9.59 Å². The molecule has 1 heterocycles. The fraction of sp³-hybridized carbons (Fsp3) is 0.385. The van der Waals surface area contributed by atoms with Gasteiger partial charge in [0, 0.05) is 25.4 Å². The number of carbonyl (C=O) groups is 2. The van der Waals surface area contributed by atoms with Gasteiger partial charge in [-0.2, -0.15) is 0 Å². The second-order valence-corrected chi connectivity index (χ2v) is 4.62. The molecule has 1 aliphatic rings. The Morgan fingerprint density at radius 1 is 1.39 bits per heavy atom. The lowest BCUT2D eigenvalue weighted by Crippen LogP contribution is -2.47. The Balaban J connectivity index is 2.14. The minimum absolute atomic E-state index is 0.0952. The van der Waals surface area contributed by atoms with E-state index in [1.54, 1.807) is 0 Å². The zero-order chi connectivity index (χ0) is 13.1. The van der Waals surface area contributed by atoms with Crippen LogP contribution in [0.3, 0.4) is 0 Å². The number of likely N-dealkylation sites (tertiary alicyclic amines) is 1. The first-order valence-corrected chi connectivity index (χ1v) is 5.96. The number of amides is 2. The van der Waals surface area contributed by atoms with Gasteiger partial charge < -0.3 is 16.4 Å². The first-order chi connectivity index (χ1) is 8.58. The third kappa shape index (κ3) is 2.68. The molecule has 5 nitrogen and oxygen atoms in total. The molecular weight excluding hydrogens is 230 g/mol. The van der Waals surface area contributed by atoms with Gasteiger partial charge in [0.2, 0.25) is 11.8 Å². The minimum Gasteiger partial charge on any atom is -0.368 e. The second kappa shape index (κ2) is 5.18. The predicted molar refractivity (Wildman–Crippen MR) is 67.4 cm³/mol. The van der Waals surface area contributed by atoms with Crippen molar-refractivity contribution in [1.29, 1.82) is 0 Å². The van der Waals surface area contributed by atoms with Gasteiger partial charge >= 0.3 is 0 Å². The SMILES string of the molecule is NC(=O)[C@H](Cc1ccccc1)N1C[C@H](N)CC1=O. The number of primary amides is 1. The Labute approximate surface area is 106 Å². The molecule has 0 radical (unpaired) electrons. The minimum atomic E-state index is -0.603. The van der Waals surface area contributed by atoms with Crippen LogP contribution >= 0.6 is 0 Å². The van der Waals surface area contributed by atoms with Crippen LogP contribution in [-0.2, 0) is 16.0 Å². The number of carbonyl (C=O) groups excluding carboxylic acids is 2. The number of benzene rings is 1. The average Bonchev–Trinajstić information content (AvgIpc) is 2.66. The Morgan fingerprint density at radius 2 is 2.06 bits per heavy atom. The van der Waals surface area contributed by atoms with Crippen molar-refractivity contribution < 1.29 is 9.59 Å². The van der Waals surface area contributed by atoms with Gasteiger partial charge in [-0.15, -0.1) is 0 Å². The number of nitrogens with two attached hydrogens (primary N) is 2. The molecule has 1 aliphatic heterocycles. The van der Waals surface area contributed by atoms with Crippen LogP contribution in [0, 0.1) is 0 Å². The van der Waals surface area contributed by atoms with Gasteiger partial charge in [0.1, 0.15) is 6.04 Å². The van der Waals surface area contributed by atoms with Crippen LogP contribution in [0.1, 0.15) is 12.0 Å². The molecule has 1 fully saturated rings. The van der Waals surface area contributed by atoms with Gasteiger partial charge in [-0.05, 0) is 5.56 Å². The Kier molecular flexibility index (Phi) is 3.62. The van der Waals surface area contributed by atoms with E-state index < -0.39 is 11.9 Å². The summed E-state index contributed by atoms with van der Waals surface area (Å²) in [5.41, 5.74) is 12.1. The number of hydrogen-bond acceptors (Lipinski definition) is 3. The molecule has 2 atom stereocenters. The third-order valence-electron chi connectivity index (χ3n) is 3.16. The maximum absolute atomic E-state index is 11.8. The third-order valence-corrected chi connectivity index (χ3v) is 3.16. The lowest BCUT2D eigenvalue weighted by molar-refractivity contribution is -0.136. The van der Waals surface area contributed by atoms with E-state index in [-0.39, 0.29) is 11.9 Å². The first kappa shape index (κ1) is 12.6. The number of hydrogen-bond donors (Lipinski definition) is 2. The molecule has 1 aromatic carbocycles. The van der Waals surface area contributed by atoms with Crippen LogP contribution in [0.4, 0.5) is 0 Å². The van der Waals surface area contributed by atoms with Crippen molar-refractivity contribution in [2.24, 2.45) is 11.5 Å². The molecule has 0 saturated carbocycles. The maximum atomic E-state index is 11.8. The van der Waals surface area contributed by atoms with Gasteiger partial charge in [-0.1, -0.05) is 30.3 Å². The van der Waals surface area contributed by atoms with E-state index in [1.807, 2.05) is 30.3 Å². The summed E-state index contributed by atoms with van der Waals surface area (Å²) in [7, 11) is 0. The zero-order valence-electron chi connectivity index (χ0n) is 10.1. The van der Waals surface area contributed by atoms with Crippen LogP contribution in [0.15, 0.2) is 30.3 Å². The van der Waals surface area contributed by atoms with Crippen LogP contribution < -0.4 is 11.5 Å². The average molecular weight is 247 g/mol. The molecule has 1 aromatic rings. The summed E-state index contributed by atoms with van der Waals surface area (Å²) in [6.45, 7) is 0.402. The topological polar surface area (TPSA) is 89.4 Å². The zero-order valence-corrected chi connectivity index (χ0v) is 10.1. The van der Waals surface area contributed by atoms with Crippen molar-refractivity contribution in [2.75, 3.05) is 6.54 Å². The smallest absolute Gasteiger partial charge is 0.240 e. The van der Waals surface area contributed by atoms with Gasteiger partial charge in [-0.3, -0.25) is 9.59 Å². The van der Waals surface area contributed by atoms with Crippen molar-refractivity contribution >= 4 is 11.8 Å². The monoisotopic (exact) mass is 247 g/mol. The summed E-state index contributed by atoms with van der Waals surface area (Å²) in [4.78, 5) is 24.8. The quantitative estimate of drug-likeness (QED) is 0.761. The molecule has 0 unspecified atom stereocenters. The first-order valence-electron chi connectivity index (χ1n) is 5.96. The summed E-state index contributed by atoms with van der Waals surface area (Å²) in [5, 5.41) is 0. The highest BCUT2D eigenvalue weighted by Gasteiger charge is 2.35. The lowest BCUT2D eigenvalue weighted by Gasteiger charge is -2.25. The highest BCUT2D eigenvalue weighted by Crippen LogP contribution is 2.16. The number of rotatable bonds is 4. The fourth-order valence-corrected chi connectivity index (χ4v) is 2.26. The summed E-state index contributed by atoms with van der Waals surface area (Å²) in [5.74, 6) is -0.580. The molecule has 0 aliphatic carbocycles. The summed E-state index contributed by atoms with van der Waals surface area (Å²) >= 11 is 0. The molecule has 1 saturated heterocycles. The van der Waals surface area contributed by atoms with Crippen molar-refractivity contribution in [3.05, 3.63) is 35.9 Å². The van der Waals surface area contributed by atoms with Crippen molar-refractivity contribution in [3.8, 4) is 0 Å². The van der Waals surface area contributed by atoms with E-state index in [0.29, 0.717) is 19.4 Å². The molecule has 96 valence electrons.